The number of hydrogen-bond acceptors (Lipinski definition) is 3. The van der Waals surface area contributed by atoms with Gasteiger partial charge >= 0.3 is 12.1 Å². The summed E-state index contributed by atoms with van der Waals surface area (Å²) in [7, 11) is 0. The summed E-state index contributed by atoms with van der Waals surface area (Å²) in [5.41, 5.74) is -1.16. The Bertz CT molecular complexity index is 473. The molecule has 1 N–H and O–H groups in total. The quantitative estimate of drug-likeness (QED) is 0.851. The first-order valence-corrected chi connectivity index (χ1v) is 4.92. The summed E-state index contributed by atoms with van der Waals surface area (Å²) in [5.74, 6) is -1.64. The van der Waals surface area contributed by atoms with E-state index in [1.54, 1.807) is 0 Å². The van der Waals surface area contributed by atoms with Crippen LogP contribution in [-0.4, -0.2) is 29.3 Å². The molecule has 17 heavy (non-hydrogen) atoms. The predicted octanol–water partition coefficient (Wildman–Crippen LogP) is 1.63. The van der Waals surface area contributed by atoms with Crippen LogP contribution < -0.4 is 4.90 Å². The van der Waals surface area contributed by atoms with E-state index in [0.29, 0.717) is 5.69 Å². The summed E-state index contributed by atoms with van der Waals surface area (Å²) in [4.78, 5) is 23.6. The molecule has 2 rings (SSSR count). The van der Waals surface area contributed by atoms with E-state index in [2.05, 4.69) is 0 Å². The van der Waals surface area contributed by atoms with Crippen molar-refractivity contribution in [2.75, 3.05) is 11.4 Å². The highest BCUT2D eigenvalue weighted by Gasteiger charge is 2.48. The lowest BCUT2D eigenvalue weighted by atomic mass is 10.1. The molecule has 1 atom stereocenters. The van der Waals surface area contributed by atoms with Gasteiger partial charge in [-0.3, -0.25) is 4.90 Å². The van der Waals surface area contributed by atoms with Crippen LogP contribution in [0.4, 0.5) is 14.9 Å². The second kappa shape index (κ2) is 3.73. The highest BCUT2D eigenvalue weighted by Crippen LogP contribution is 2.28. The number of amides is 1. The molecule has 1 aromatic carbocycles. The molecular formula is C11H10FNO4. The van der Waals surface area contributed by atoms with Crippen LogP contribution in [0.25, 0.3) is 0 Å². The van der Waals surface area contributed by atoms with Crippen molar-refractivity contribution in [2.45, 2.75) is 12.5 Å². The van der Waals surface area contributed by atoms with Crippen molar-refractivity contribution < 1.29 is 23.8 Å². The minimum absolute atomic E-state index is 0.104. The Morgan fingerprint density at radius 2 is 2.06 bits per heavy atom. The molecule has 5 nitrogen and oxygen atoms in total. The maximum Gasteiger partial charge on any atom is 0.415 e. The number of hydrogen-bond donors (Lipinski definition) is 1. The van der Waals surface area contributed by atoms with Crippen LogP contribution in [0.5, 0.6) is 0 Å². The van der Waals surface area contributed by atoms with Gasteiger partial charge in [0.05, 0.1) is 6.54 Å². The van der Waals surface area contributed by atoms with Crippen molar-refractivity contribution >= 4 is 17.7 Å². The molecule has 1 aliphatic heterocycles. The number of anilines is 1. The number of ether oxygens (including phenoxy) is 1. The molecule has 0 radical (unpaired) electrons. The lowest BCUT2D eigenvalue weighted by molar-refractivity contribution is -0.152. The van der Waals surface area contributed by atoms with Crippen molar-refractivity contribution in [3.8, 4) is 0 Å². The van der Waals surface area contributed by atoms with E-state index in [0.717, 1.165) is 4.90 Å². The second-order valence-electron chi connectivity index (χ2n) is 3.97. The first-order valence-electron chi connectivity index (χ1n) is 4.92. The van der Waals surface area contributed by atoms with Crippen LogP contribution in [0.1, 0.15) is 6.92 Å². The monoisotopic (exact) mass is 239 g/mol. The van der Waals surface area contributed by atoms with Gasteiger partial charge in [0.2, 0.25) is 5.60 Å². The molecule has 0 aliphatic carbocycles. The zero-order valence-corrected chi connectivity index (χ0v) is 9.01. The second-order valence-corrected chi connectivity index (χ2v) is 3.97. The first-order chi connectivity index (χ1) is 7.92. The average Bonchev–Trinajstić information content (AvgIpc) is 2.57. The van der Waals surface area contributed by atoms with E-state index in [1.807, 2.05) is 0 Å². The van der Waals surface area contributed by atoms with Crippen LogP contribution in [0, 0.1) is 5.82 Å². The van der Waals surface area contributed by atoms with Crippen molar-refractivity contribution in [2.24, 2.45) is 0 Å². The maximum atomic E-state index is 12.7. The van der Waals surface area contributed by atoms with Gasteiger partial charge in [-0.05, 0) is 31.2 Å². The number of aliphatic carboxylic acids is 1. The summed E-state index contributed by atoms with van der Waals surface area (Å²) in [6, 6.07) is 5.17. The predicted molar refractivity (Wildman–Crippen MR) is 56.3 cm³/mol. The van der Waals surface area contributed by atoms with Crippen molar-refractivity contribution in [3.63, 3.8) is 0 Å². The van der Waals surface area contributed by atoms with Crippen LogP contribution in [0.15, 0.2) is 24.3 Å². The van der Waals surface area contributed by atoms with Crippen molar-refractivity contribution in [1.29, 1.82) is 0 Å². The molecule has 0 bridgehead atoms. The molecular weight excluding hydrogens is 229 g/mol. The topological polar surface area (TPSA) is 66.8 Å². The SMILES string of the molecule is CC1(C(=O)O)CN(c2ccc(F)cc2)C(=O)O1. The van der Waals surface area contributed by atoms with E-state index in [4.69, 9.17) is 9.84 Å². The van der Waals surface area contributed by atoms with Gasteiger partial charge in [-0.2, -0.15) is 0 Å². The van der Waals surface area contributed by atoms with Gasteiger partial charge in [0.15, 0.2) is 0 Å². The smallest absolute Gasteiger partial charge is 0.415 e. The minimum Gasteiger partial charge on any atom is -0.478 e. The fraction of sp³-hybridized carbons (Fsp3) is 0.273. The van der Waals surface area contributed by atoms with Gasteiger partial charge < -0.3 is 9.84 Å². The molecule has 1 aliphatic rings. The molecule has 1 heterocycles. The highest BCUT2D eigenvalue weighted by atomic mass is 19.1. The number of nitrogens with zero attached hydrogens (tertiary/aromatic N) is 1. The van der Waals surface area contributed by atoms with Crippen LogP contribution in [-0.2, 0) is 9.53 Å². The Labute approximate surface area is 96.4 Å². The van der Waals surface area contributed by atoms with Gasteiger partial charge in [-0.1, -0.05) is 0 Å². The summed E-state index contributed by atoms with van der Waals surface area (Å²) in [6.07, 6.45) is -0.749. The minimum atomic E-state index is -1.56. The van der Waals surface area contributed by atoms with Gasteiger partial charge in [-0.15, -0.1) is 0 Å². The standard InChI is InChI=1S/C11H10FNO4/c1-11(9(14)15)6-13(10(16)17-11)8-4-2-7(12)3-5-8/h2-5H,6H2,1H3,(H,14,15). The third-order valence-electron chi connectivity index (χ3n) is 2.58. The van der Waals surface area contributed by atoms with E-state index < -0.39 is 23.5 Å². The highest BCUT2D eigenvalue weighted by molar-refractivity contribution is 5.95. The Morgan fingerprint density at radius 1 is 1.47 bits per heavy atom. The molecule has 1 unspecified atom stereocenters. The Balaban J connectivity index is 2.27. The number of rotatable bonds is 2. The lowest BCUT2D eigenvalue weighted by Crippen LogP contribution is -2.39. The summed E-state index contributed by atoms with van der Waals surface area (Å²) < 4.78 is 17.5. The largest absolute Gasteiger partial charge is 0.478 e. The molecule has 0 aromatic heterocycles. The number of halogens is 1. The van der Waals surface area contributed by atoms with Crippen LogP contribution in [0.3, 0.4) is 0 Å². The number of carboxylic acids is 1. The number of carboxylic acid groups (broad SMARTS) is 1. The normalized spacial score (nSPS) is 23.6. The summed E-state index contributed by atoms with van der Waals surface area (Å²) >= 11 is 0. The number of cyclic esters (lactones) is 1. The van der Waals surface area contributed by atoms with Gasteiger partial charge in [0.1, 0.15) is 5.82 Å². The molecule has 1 saturated heterocycles. The van der Waals surface area contributed by atoms with Crippen LogP contribution in [0.2, 0.25) is 0 Å². The van der Waals surface area contributed by atoms with E-state index in [9.17, 15) is 14.0 Å². The molecule has 0 saturated carbocycles. The van der Waals surface area contributed by atoms with Crippen LogP contribution >= 0.6 is 0 Å². The average molecular weight is 239 g/mol. The zero-order chi connectivity index (χ0) is 12.6. The summed E-state index contributed by atoms with van der Waals surface area (Å²) in [5, 5.41) is 8.94. The Hall–Kier alpha value is -2.11. The molecule has 90 valence electrons. The van der Waals surface area contributed by atoms with Gasteiger partial charge in [0, 0.05) is 5.69 Å². The zero-order valence-electron chi connectivity index (χ0n) is 9.01. The fourth-order valence-corrected chi connectivity index (χ4v) is 1.58. The first kappa shape index (κ1) is 11.4. The summed E-state index contributed by atoms with van der Waals surface area (Å²) in [6.45, 7) is 1.21. The molecule has 0 spiro atoms. The molecule has 1 amide bonds. The Morgan fingerprint density at radius 3 is 2.53 bits per heavy atom. The number of carbonyl (C=O) groups is 2. The molecule has 1 fully saturated rings. The van der Waals surface area contributed by atoms with Gasteiger partial charge in [0.25, 0.3) is 0 Å². The lowest BCUT2D eigenvalue weighted by Gasteiger charge is -2.16. The number of benzene rings is 1. The fourth-order valence-electron chi connectivity index (χ4n) is 1.58. The Kier molecular flexibility index (Phi) is 2.49. The number of carbonyl (C=O) groups excluding carboxylic acids is 1. The van der Waals surface area contributed by atoms with Crippen molar-refractivity contribution in [3.05, 3.63) is 30.1 Å². The van der Waals surface area contributed by atoms with E-state index in [1.165, 1.54) is 31.2 Å². The van der Waals surface area contributed by atoms with Crippen molar-refractivity contribution in [1.82, 2.24) is 0 Å². The maximum absolute atomic E-state index is 12.7. The van der Waals surface area contributed by atoms with E-state index in [-0.39, 0.29) is 6.54 Å². The molecule has 1 aromatic rings. The molecule has 6 heteroatoms. The van der Waals surface area contributed by atoms with Gasteiger partial charge in [-0.25, -0.2) is 14.0 Å². The van der Waals surface area contributed by atoms with E-state index >= 15 is 0 Å². The third-order valence-corrected chi connectivity index (χ3v) is 2.58. The third kappa shape index (κ3) is 1.93.